The van der Waals surface area contributed by atoms with Gasteiger partial charge in [-0.2, -0.15) is 0 Å². The van der Waals surface area contributed by atoms with E-state index in [9.17, 15) is 9.59 Å². The van der Waals surface area contributed by atoms with Crippen molar-refractivity contribution in [1.82, 2.24) is 10.6 Å². The molecule has 0 aromatic heterocycles. The highest BCUT2D eigenvalue weighted by Crippen LogP contribution is 2.16. The smallest absolute Gasteiger partial charge is 0.226 e. The zero-order chi connectivity index (χ0) is 11.9. The van der Waals surface area contributed by atoms with Gasteiger partial charge in [-0.3, -0.25) is 9.59 Å². The molecular formula is C10H19ClN2O2. The lowest BCUT2D eigenvalue weighted by Gasteiger charge is -2.20. The minimum absolute atomic E-state index is 0.0542. The van der Waals surface area contributed by atoms with Crippen molar-refractivity contribution in [3.05, 3.63) is 0 Å². The molecule has 4 nitrogen and oxygen atoms in total. The monoisotopic (exact) mass is 234 g/mol. The molecule has 0 rings (SSSR count). The van der Waals surface area contributed by atoms with Gasteiger partial charge in [-0.15, -0.1) is 11.6 Å². The Morgan fingerprint density at radius 3 is 2.33 bits per heavy atom. The third-order valence-corrected chi connectivity index (χ3v) is 2.63. The molecule has 0 aromatic carbocycles. The molecule has 0 spiro atoms. The largest absolute Gasteiger partial charge is 0.356 e. The third-order valence-electron chi connectivity index (χ3n) is 1.96. The quantitative estimate of drug-likeness (QED) is 0.671. The van der Waals surface area contributed by atoms with E-state index in [1.807, 2.05) is 6.92 Å². The SMILES string of the molecule is CCNC(=O)CCNC(=O)C(C)(C)CCl. The maximum absolute atomic E-state index is 11.5. The first-order chi connectivity index (χ1) is 6.94. The van der Waals surface area contributed by atoms with Gasteiger partial charge in [0.05, 0.1) is 5.41 Å². The number of carbonyl (C=O) groups excluding carboxylic acids is 2. The summed E-state index contributed by atoms with van der Waals surface area (Å²) in [6, 6.07) is 0. The molecule has 0 saturated heterocycles. The van der Waals surface area contributed by atoms with Gasteiger partial charge < -0.3 is 10.6 Å². The molecule has 15 heavy (non-hydrogen) atoms. The molecule has 0 atom stereocenters. The van der Waals surface area contributed by atoms with E-state index >= 15 is 0 Å². The van der Waals surface area contributed by atoms with Gasteiger partial charge in [0.25, 0.3) is 0 Å². The van der Waals surface area contributed by atoms with Crippen molar-refractivity contribution in [2.75, 3.05) is 19.0 Å². The van der Waals surface area contributed by atoms with E-state index in [2.05, 4.69) is 10.6 Å². The van der Waals surface area contributed by atoms with Gasteiger partial charge >= 0.3 is 0 Å². The van der Waals surface area contributed by atoms with Crippen LogP contribution in [-0.2, 0) is 9.59 Å². The average Bonchev–Trinajstić information content (AvgIpc) is 2.18. The maximum atomic E-state index is 11.5. The van der Waals surface area contributed by atoms with Crippen molar-refractivity contribution < 1.29 is 9.59 Å². The Morgan fingerprint density at radius 2 is 1.87 bits per heavy atom. The zero-order valence-electron chi connectivity index (χ0n) is 9.52. The minimum Gasteiger partial charge on any atom is -0.356 e. The van der Waals surface area contributed by atoms with E-state index in [0.29, 0.717) is 19.5 Å². The second-order valence-corrected chi connectivity index (χ2v) is 4.24. The van der Waals surface area contributed by atoms with Crippen molar-refractivity contribution >= 4 is 23.4 Å². The Labute approximate surface area is 95.7 Å². The van der Waals surface area contributed by atoms with E-state index in [0.717, 1.165) is 0 Å². The molecule has 5 heteroatoms. The summed E-state index contributed by atoms with van der Waals surface area (Å²) >= 11 is 5.64. The molecule has 0 aliphatic heterocycles. The average molecular weight is 235 g/mol. The number of amides is 2. The Bertz CT molecular complexity index is 229. The fourth-order valence-electron chi connectivity index (χ4n) is 0.875. The van der Waals surface area contributed by atoms with Gasteiger partial charge in [-0.05, 0) is 20.8 Å². The number of alkyl halides is 1. The Kier molecular flexibility index (Phi) is 6.32. The molecule has 0 saturated carbocycles. The lowest BCUT2D eigenvalue weighted by Crippen LogP contribution is -2.39. The predicted octanol–water partition coefficient (Wildman–Crippen LogP) is 0.894. The second kappa shape index (κ2) is 6.67. The Morgan fingerprint density at radius 1 is 1.27 bits per heavy atom. The van der Waals surface area contributed by atoms with Crippen molar-refractivity contribution in [3.63, 3.8) is 0 Å². The van der Waals surface area contributed by atoms with Crippen LogP contribution in [0.25, 0.3) is 0 Å². The molecule has 0 radical (unpaired) electrons. The standard InChI is InChI=1S/C10H19ClN2O2/c1-4-12-8(14)5-6-13-9(15)10(2,3)7-11/h4-7H2,1-3H3,(H,12,14)(H,13,15). The number of hydrogen-bond acceptors (Lipinski definition) is 2. The minimum atomic E-state index is -0.581. The first-order valence-corrected chi connectivity index (χ1v) is 5.58. The van der Waals surface area contributed by atoms with Crippen LogP contribution in [0.3, 0.4) is 0 Å². The first kappa shape index (κ1) is 14.2. The van der Waals surface area contributed by atoms with E-state index in [4.69, 9.17) is 11.6 Å². The molecule has 0 fully saturated rings. The number of rotatable bonds is 6. The van der Waals surface area contributed by atoms with E-state index in [1.54, 1.807) is 13.8 Å². The number of carbonyl (C=O) groups is 2. The van der Waals surface area contributed by atoms with Crippen LogP contribution >= 0.6 is 11.6 Å². The molecule has 0 heterocycles. The molecule has 2 N–H and O–H groups in total. The normalized spacial score (nSPS) is 10.9. The lowest BCUT2D eigenvalue weighted by atomic mass is 9.95. The van der Waals surface area contributed by atoms with Crippen LogP contribution in [0, 0.1) is 5.41 Å². The Hall–Kier alpha value is -0.770. The fourth-order valence-corrected chi connectivity index (χ4v) is 0.996. The van der Waals surface area contributed by atoms with Gasteiger partial charge in [0.15, 0.2) is 0 Å². The van der Waals surface area contributed by atoms with E-state index < -0.39 is 5.41 Å². The lowest BCUT2D eigenvalue weighted by molar-refractivity contribution is -0.128. The van der Waals surface area contributed by atoms with Gasteiger partial charge in [0.1, 0.15) is 0 Å². The zero-order valence-corrected chi connectivity index (χ0v) is 10.3. The molecular weight excluding hydrogens is 216 g/mol. The number of nitrogens with one attached hydrogen (secondary N) is 2. The van der Waals surface area contributed by atoms with Crippen LogP contribution in [0.4, 0.5) is 0 Å². The summed E-state index contributed by atoms with van der Waals surface area (Å²) in [4.78, 5) is 22.6. The van der Waals surface area contributed by atoms with E-state index in [-0.39, 0.29) is 17.7 Å². The number of halogens is 1. The van der Waals surface area contributed by atoms with Crippen LogP contribution in [0.2, 0.25) is 0 Å². The molecule has 0 unspecified atom stereocenters. The topological polar surface area (TPSA) is 58.2 Å². The molecule has 0 bridgehead atoms. The van der Waals surface area contributed by atoms with Crippen molar-refractivity contribution in [3.8, 4) is 0 Å². The summed E-state index contributed by atoms with van der Waals surface area (Å²) < 4.78 is 0. The summed E-state index contributed by atoms with van der Waals surface area (Å²) in [7, 11) is 0. The highest BCUT2D eigenvalue weighted by Gasteiger charge is 2.25. The van der Waals surface area contributed by atoms with Crippen LogP contribution in [-0.4, -0.2) is 30.8 Å². The predicted molar refractivity (Wildman–Crippen MR) is 60.8 cm³/mol. The van der Waals surface area contributed by atoms with Crippen LogP contribution in [0.1, 0.15) is 27.2 Å². The maximum Gasteiger partial charge on any atom is 0.226 e. The van der Waals surface area contributed by atoms with Crippen LogP contribution < -0.4 is 10.6 Å². The summed E-state index contributed by atoms with van der Waals surface area (Å²) in [5.41, 5.74) is -0.581. The van der Waals surface area contributed by atoms with Crippen molar-refractivity contribution in [1.29, 1.82) is 0 Å². The van der Waals surface area contributed by atoms with Gasteiger partial charge in [0.2, 0.25) is 11.8 Å². The van der Waals surface area contributed by atoms with E-state index in [1.165, 1.54) is 0 Å². The number of hydrogen-bond donors (Lipinski definition) is 2. The Balaban J connectivity index is 3.78. The highest BCUT2D eigenvalue weighted by molar-refractivity contribution is 6.19. The fraction of sp³-hybridized carbons (Fsp3) is 0.800. The molecule has 0 aliphatic rings. The van der Waals surface area contributed by atoms with Gasteiger partial charge in [0, 0.05) is 25.4 Å². The molecule has 88 valence electrons. The van der Waals surface area contributed by atoms with Crippen LogP contribution in [0.15, 0.2) is 0 Å². The summed E-state index contributed by atoms with van der Waals surface area (Å²) in [6.07, 6.45) is 0.304. The van der Waals surface area contributed by atoms with Crippen LogP contribution in [0.5, 0.6) is 0 Å². The first-order valence-electron chi connectivity index (χ1n) is 5.05. The second-order valence-electron chi connectivity index (χ2n) is 3.98. The van der Waals surface area contributed by atoms with Gasteiger partial charge in [-0.1, -0.05) is 0 Å². The molecule has 0 aliphatic carbocycles. The highest BCUT2D eigenvalue weighted by atomic mass is 35.5. The summed E-state index contributed by atoms with van der Waals surface area (Å²) in [6.45, 7) is 6.35. The summed E-state index contributed by atoms with van der Waals surface area (Å²) in [5.74, 6) is 0.0864. The van der Waals surface area contributed by atoms with Crippen molar-refractivity contribution in [2.45, 2.75) is 27.2 Å². The van der Waals surface area contributed by atoms with Gasteiger partial charge in [-0.25, -0.2) is 0 Å². The van der Waals surface area contributed by atoms with Crippen molar-refractivity contribution in [2.24, 2.45) is 5.41 Å². The molecule has 0 aromatic rings. The molecule has 2 amide bonds. The third kappa shape index (κ3) is 5.62. The summed E-state index contributed by atoms with van der Waals surface area (Å²) in [5, 5.41) is 5.33.